The van der Waals surface area contributed by atoms with Gasteiger partial charge in [-0.1, -0.05) is 0 Å². The molecule has 0 amide bonds. The third kappa shape index (κ3) is 1.14. The maximum Gasteiger partial charge on any atom is 0.268 e. The van der Waals surface area contributed by atoms with Gasteiger partial charge in [0.15, 0.2) is 0 Å². The molecule has 1 heterocycles. The summed E-state index contributed by atoms with van der Waals surface area (Å²) in [4.78, 5) is 10.8. The Bertz CT molecular complexity index is 279. The summed E-state index contributed by atoms with van der Waals surface area (Å²) in [6, 6.07) is 1.37. The van der Waals surface area contributed by atoms with Crippen LogP contribution in [0.3, 0.4) is 0 Å². The number of hydrogen-bond acceptors (Lipinski definition) is 4. The highest BCUT2D eigenvalue weighted by Gasteiger charge is 1.91. The molecule has 54 valence electrons. The van der Waals surface area contributed by atoms with Crippen LogP contribution in [0.1, 0.15) is 0 Å². The van der Waals surface area contributed by atoms with Crippen molar-refractivity contribution in [1.29, 1.82) is 0 Å². The van der Waals surface area contributed by atoms with Crippen molar-refractivity contribution in [3.05, 3.63) is 22.6 Å². The first-order valence-corrected chi connectivity index (χ1v) is 2.74. The second kappa shape index (κ2) is 2.49. The summed E-state index contributed by atoms with van der Waals surface area (Å²) in [6.45, 7) is 0. The first-order chi connectivity index (χ1) is 4.74. The maximum absolute atomic E-state index is 10.8. The van der Waals surface area contributed by atoms with E-state index >= 15 is 0 Å². The highest BCUT2D eigenvalue weighted by molar-refractivity contribution is 5.36. The number of hydrogen-bond donors (Lipinski definition) is 2. The molecule has 3 N–H and O–H groups in total. The molecular formula is C5H8N4O. The molecule has 0 aliphatic rings. The van der Waals surface area contributed by atoms with Crippen LogP contribution in [-0.4, -0.2) is 9.78 Å². The van der Waals surface area contributed by atoms with Crippen molar-refractivity contribution >= 4 is 5.69 Å². The molecule has 10 heavy (non-hydrogen) atoms. The summed E-state index contributed by atoms with van der Waals surface area (Å²) in [5.41, 5.74) is 2.65. The Morgan fingerprint density at radius 1 is 1.80 bits per heavy atom. The Morgan fingerprint density at radius 3 is 3.00 bits per heavy atom. The van der Waals surface area contributed by atoms with Gasteiger partial charge in [-0.3, -0.25) is 10.6 Å². The molecule has 0 spiro atoms. The zero-order valence-electron chi connectivity index (χ0n) is 5.53. The molecule has 0 saturated carbocycles. The average Bonchev–Trinajstić information content (AvgIpc) is 1.95. The van der Waals surface area contributed by atoms with Crippen LogP contribution in [-0.2, 0) is 7.05 Å². The van der Waals surface area contributed by atoms with Gasteiger partial charge < -0.3 is 5.43 Å². The van der Waals surface area contributed by atoms with Crippen LogP contribution in [0, 0.1) is 0 Å². The van der Waals surface area contributed by atoms with Crippen LogP contribution in [0.5, 0.6) is 0 Å². The largest absolute Gasteiger partial charge is 0.322 e. The summed E-state index contributed by atoms with van der Waals surface area (Å²) < 4.78 is 1.22. The van der Waals surface area contributed by atoms with Crippen LogP contribution in [0.25, 0.3) is 0 Å². The molecule has 0 aliphatic carbocycles. The van der Waals surface area contributed by atoms with Crippen LogP contribution in [0.2, 0.25) is 0 Å². The second-order valence-electron chi connectivity index (χ2n) is 1.85. The normalized spacial score (nSPS) is 9.40. The van der Waals surface area contributed by atoms with Crippen molar-refractivity contribution in [2.75, 3.05) is 5.43 Å². The molecule has 0 aliphatic heterocycles. The molecule has 1 rings (SSSR count). The lowest BCUT2D eigenvalue weighted by Crippen LogP contribution is -2.20. The number of aryl methyl sites for hydroxylation is 1. The molecule has 0 fully saturated rings. The van der Waals surface area contributed by atoms with Gasteiger partial charge >= 0.3 is 0 Å². The maximum atomic E-state index is 10.8. The van der Waals surface area contributed by atoms with Gasteiger partial charge in [0.25, 0.3) is 5.56 Å². The first-order valence-electron chi connectivity index (χ1n) is 2.74. The van der Waals surface area contributed by atoms with E-state index in [0.29, 0.717) is 5.69 Å². The molecule has 0 atom stereocenters. The van der Waals surface area contributed by atoms with Crippen molar-refractivity contribution in [3.63, 3.8) is 0 Å². The SMILES string of the molecule is Cn1ncc(NN)cc1=O. The van der Waals surface area contributed by atoms with Crippen LogP contribution in [0.15, 0.2) is 17.1 Å². The molecule has 0 radical (unpaired) electrons. The zero-order valence-corrected chi connectivity index (χ0v) is 5.53. The lowest BCUT2D eigenvalue weighted by atomic mass is 10.5. The highest BCUT2D eigenvalue weighted by atomic mass is 16.1. The predicted molar refractivity (Wildman–Crippen MR) is 37.3 cm³/mol. The van der Waals surface area contributed by atoms with E-state index in [1.54, 1.807) is 7.05 Å². The number of nitrogens with zero attached hydrogens (tertiary/aromatic N) is 2. The van der Waals surface area contributed by atoms with E-state index in [9.17, 15) is 4.79 Å². The lowest BCUT2D eigenvalue weighted by molar-refractivity contribution is 0.708. The minimum absolute atomic E-state index is 0.185. The smallest absolute Gasteiger partial charge is 0.268 e. The van der Waals surface area contributed by atoms with Gasteiger partial charge in [-0.15, -0.1) is 0 Å². The van der Waals surface area contributed by atoms with E-state index in [1.165, 1.54) is 16.9 Å². The Balaban J connectivity index is 3.17. The van der Waals surface area contributed by atoms with Crippen molar-refractivity contribution < 1.29 is 0 Å². The fourth-order valence-electron chi connectivity index (χ4n) is 0.548. The van der Waals surface area contributed by atoms with Crippen molar-refractivity contribution in [2.24, 2.45) is 12.9 Å². The van der Waals surface area contributed by atoms with Gasteiger partial charge in [-0.05, 0) is 0 Å². The summed E-state index contributed by atoms with van der Waals surface area (Å²) in [6.07, 6.45) is 1.47. The fraction of sp³-hybridized carbons (Fsp3) is 0.200. The minimum atomic E-state index is -0.185. The topological polar surface area (TPSA) is 72.9 Å². The van der Waals surface area contributed by atoms with Gasteiger partial charge in [0.1, 0.15) is 0 Å². The number of hydrazine groups is 1. The van der Waals surface area contributed by atoms with E-state index in [-0.39, 0.29) is 5.56 Å². The van der Waals surface area contributed by atoms with Gasteiger partial charge in [-0.25, -0.2) is 4.68 Å². The van der Waals surface area contributed by atoms with Crippen molar-refractivity contribution in [3.8, 4) is 0 Å². The third-order valence-electron chi connectivity index (χ3n) is 1.13. The molecule has 0 aromatic carbocycles. The zero-order chi connectivity index (χ0) is 7.56. The van der Waals surface area contributed by atoms with Gasteiger partial charge in [0.2, 0.25) is 0 Å². The first kappa shape index (κ1) is 6.76. The number of anilines is 1. The minimum Gasteiger partial charge on any atom is -0.322 e. The molecular weight excluding hydrogens is 132 g/mol. The summed E-state index contributed by atoms with van der Waals surface area (Å²) in [5, 5.41) is 3.71. The predicted octanol–water partition coefficient (Wildman–Crippen LogP) is -0.934. The molecule has 0 saturated heterocycles. The van der Waals surface area contributed by atoms with E-state index in [0.717, 1.165) is 0 Å². The van der Waals surface area contributed by atoms with Gasteiger partial charge in [-0.2, -0.15) is 5.10 Å². The molecule has 5 heteroatoms. The number of nitrogen functional groups attached to an aromatic ring is 1. The average molecular weight is 140 g/mol. The van der Waals surface area contributed by atoms with E-state index in [1.807, 2.05) is 0 Å². The fourth-order valence-corrected chi connectivity index (χ4v) is 0.548. The van der Waals surface area contributed by atoms with E-state index < -0.39 is 0 Å². The van der Waals surface area contributed by atoms with Crippen LogP contribution >= 0.6 is 0 Å². The number of nitrogens with one attached hydrogen (secondary N) is 1. The molecule has 0 unspecified atom stereocenters. The standard InChI is InChI=1S/C5H8N4O/c1-9-5(10)2-4(8-6)3-7-9/h2-3,8H,6H2,1H3. The van der Waals surface area contributed by atoms with E-state index in [2.05, 4.69) is 10.5 Å². The van der Waals surface area contributed by atoms with Crippen molar-refractivity contribution in [1.82, 2.24) is 9.78 Å². The Hall–Kier alpha value is -1.36. The Labute approximate surface area is 57.4 Å². The molecule has 1 aromatic rings. The number of rotatable bonds is 1. The van der Waals surface area contributed by atoms with Crippen LogP contribution in [0.4, 0.5) is 5.69 Å². The molecule has 0 bridgehead atoms. The van der Waals surface area contributed by atoms with Gasteiger partial charge in [0.05, 0.1) is 11.9 Å². The van der Waals surface area contributed by atoms with Crippen LogP contribution < -0.4 is 16.8 Å². The summed E-state index contributed by atoms with van der Waals surface area (Å²) in [7, 11) is 1.57. The number of aromatic nitrogens is 2. The lowest BCUT2D eigenvalue weighted by Gasteiger charge is -1.97. The molecule has 1 aromatic heterocycles. The van der Waals surface area contributed by atoms with Crippen molar-refractivity contribution in [2.45, 2.75) is 0 Å². The number of nitrogens with two attached hydrogens (primary N) is 1. The quantitative estimate of drug-likeness (QED) is 0.390. The highest BCUT2D eigenvalue weighted by Crippen LogP contribution is 1.93. The van der Waals surface area contributed by atoms with Gasteiger partial charge in [0, 0.05) is 13.1 Å². The third-order valence-corrected chi connectivity index (χ3v) is 1.13. The Morgan fingerprint density at radius 2 is 2.50 bits per heavy atom. The Kier molecular flexibility index (Phi) is 1.68. The summed E-state index contributed by atoms with van der Waals surface area (Å²) >= 11 is 0. The van der Waals surface area contributed by atoms with E-state index in [4.69, 9.17) is 5.84 Å². The molecule has 5 nitrogen and oxygen atoms in total. The second-order valence-corrected chi connectivity index (χ2v) is 1.85. The monoisotopic (exact) mass is 140 g/mol. The summed E-state index contributed by atoms with van der Waals surface area (Å²) in [5.74, 6) is 5.03.